The van der Waals surface area contributed by atoms with Crippen LogP contribution in [-0.4, -0.2) is 36.4 Å². The number of aliphatic hydroxyl groups excluding tert-OH is 1. The molecule has 3 N–H and O–H groups in total. The van der Waals surface area contributed by atoms with E-state index in [0.717, 1.165) is 25.8 Å². The molecule has 4 heteroatoms. The molecule has 156 valence electrons. The van der Waals surface area contributed by atoms with Crippen molar-refractivity contribution >= 4 is 5.97 Å². The first-order valence-corrected chi connectivity index (χ1v) is 10.8. The largest absolute Gasteiger partial charge is 0.481 e. The summed E-state index contributed by atoms with van der Waals surface area (Å²) in [6, 6.07) is 0. The molecule has 0 heterocycles. The van der Waals surface area contributed by atoms with E-state index in [1.807, 2.05) is 7.05 Å². The Balaban J connectivity index is 0. The third-order valence-corrected chi connectivity index (χ3v) is 4.24. The van der Waals surface area contributed by atoms with E-state index in [-0.39, 0.29) is 0 Å². The normalized spacial score (nSPS) is 10.7. The molecule has 0 aromatic rings. The third kappa shape index (κ3) is 31.0. The summed E-state index contributed by atoms with van der Waals surface area (Å²) in [5.74, 6) is -0.664. The number of unbranched alkanes of at least 4 members (excludes halogenated alkanes) is 11. The number of aliphatic hydroxyl groups is 1. The number of hydrogen-bond acceptors (Lipinski definition) is 3. The van der Waals surface area contributed by atoms with Gasteiger partial charge in [-0.15, -0.1) is 0 Å². The number of aliphatic carboxylic acids is 1. The molecule has 0 aliphatic heterocycles. The van der Waals surface area contributed by atoms with Gasteiger partial charge in [0.05, 0.1) is 0 Å². The van der Waals surface area contributed by atoms with Crippen LogP contribution < -0.4 is 5.32 Å². The number of hydrogen-bond donors (Lipinski definition) is 3. The predicted molar refractivity (Wildman–Crippen MR) is 113 cm³/mol. The Bertz CT molecular complexity index is 289. The Labute approximate surface area is 162 Å². The fourth-order valence-corrected chi connectivity index (χ4v) is 2.60. The molecule has 0 aliphatic carbocycles. The van der Waals surface area contributed by atoms with Gasteiger partial charge in [-0.05, 0) is 52.1 Å². The van der Waals surface area contributed by atoms with Gasteiger partial charge in [-0.25, -0.2) is 0 Å². The smallest absolute Gasteiger partial charge is 0.303 e. The van der Waals surface area contributed by atoms with Crippen LogP contribution in [0.3, 0.4) is 0 Å². The number of allylic oxidation sites excluding steroid dienone is 2. The second kappa shape index (κ2) is 26.4. The quantitative estimate of drug-likeness (QED) is 0.214. The maximum atomic E-state index is 10.3. The first-order chi connectivity index (χ1) is 12.7. The van der Waals surface area contributed by atoms with Gasteiger partial charge >= 0.3 is 5.97 Å². The van der Waals surface area contributed by atoms with Gasteiger partial charge < -0.3 is 15.5 Å². The Morgan fingerprint density at radius 1 is 0.808 bits per heavy atom. The Kier molecular flexibility index (Phi) is 27.7. The van der Waals surface area contributed by atoms with Crippen LogP contribution in [0, 0.1) is 0 Å². The highest BCUT2D eigenvalue weighted by Gasteiger charge is 1.95. The number of carboxylic acids is 1. The van der Waals surface area contributed by atoms with Gasteiger partial charge in [-0.2, -0.15) is 0 Å². The minimum Gasteiger partial charge on any atom is -0.481 e. The number of nitrogens with one attached hydrogen (secondary N) is 1. The van der Waals surface area contributed by atoms with Crippen molar-refractivity contribution < 1.29 is 15.0 Å². The van der Waals surface area contributed by atoms with E-state index < -0.39 is 5.97 Å². The van der Waals surface area contributed by atoms with Gasteiger partial charge in [-0.1, -0.05) is 70.4 Å². The van der Waals surface area contributed by atoms with Crippen LogP contribution in [0.2, 0.25) is 0 Å². The van der Waals surface area contributed by atoms with Gasteiger partial charge in [0.2, 0.25) is 0 Å². The number of carboxylic acid groups (broad SMARTS) is 1. The molecule has 0 atom stereocenters. The summed E-state index contributed by atoms with van der Waals surface area (Å²) < 4.78 is 0. The van der Waals surface area contributed by atoms with Gasteiger partial charge in [0.1, 0.15) is 0 Å². The van der Waals surface area contributed by atoms with E-state index in [1.54, 1.807) is 0 Å². The average molecular weight is 372 g/mol. The monoisotopic (exact) mass is 371 g/mol. The van der Waals surface area contributed by atoms with Crippen LogP contribution >= 0.6 is 0 Å². The van der Waals surface area contributed by atoms with Gasteiger partial charge in [0, 0.05) is 13.0 Å². The summed E-state index contributed by atoms with van der Waals surface area (Å²) in [7, 11) is 1.87. The topological polar surface area (TPSA) is 69.6 Å². The molecule has 4 nitrogen and oxygen atoms in total. The van der Waals surface area contributed by atoms with Crippen molar-refractivity contribution in [3.8, 4) is 0 Å². The zero-order valence-electron chi connectivity index (χ0n) is 17.5. The molecule has 0 aliphatic rings. The maximum Gasteiger partial charge on any atom is 0.303 e. The van der Waals surface area contributed by atoms with Gasteiger partial charge in [0.15, 0.2) is 0 Å². The minimum absolute atomic E-state index is 0.292. The van der Waals surface area contributed by atoms with E-state index in [4.69, 9.17) is 10.2 Å². The number of rotatable bonds is 18. The SMILES string of the molecule is CCCCCCCC/C=C\CCCCCCCC(=O)O.CNCCCO. The lowest BCUT2D eigenvalue weighted by Crippen LogP contribution is -2.08. The molecule has 0 saturated carbocycles. The molecular weight excluding hydrogens is 326 g/mol. The Hall–Kier alpha value is -0.870. The molecular formula is C22H45NO3. The van der Waals surface area contributed by atoms with Crippen molar-refractivity contribution in [2.75, 3.05) is 20.2 Å². The second-order valence-corrected chi connectivity index (χ2v) is 6.91. The lowest BCUT2D eigenvalue weighted by molar-refractivity contribution is -0.137. The molecule has 26 heavy (non-hydrogen) atoms. The molecule has 0 bridgehead atoms. The van der Waals surface area contributed by atoms with Crippen molar-refractivity contribution in [1.29, 1.82) is 0 Å². The highest BCUT2D eigenvalue weighted by molar-refractivity contribution is 5.66. The summed E-state index contributed by atoms with van der Waals surface area (Å²) in [6.07, 6.45) is 22.1. The summed E-state index contributed by atoms with van der Waals surface area (Å²) >= 11 is 0. The third-order valence-electron chi connectivity index (χ3n) is 4.24. The van der Waals surface area contributed by atoms with E-state index in [0.29, 0.717) is 13.0 Å². The summed E-state index contributed by atoms with van der Waals surface area (Å²) in [5, 5.41) is 19.6. The standard InChI is InChI=1S/C18H34O2.C4H11NO/c1-2-3-4-5-6-7-8-9-10-11-12-13-14-15-16-17-18(19)20;1-5-3-2-4-6/h9-10H,2-8,11-17H2,1H3,(H,19,20);5-6H,2-4H2,1H3/b10-9-;. The van der Waals surface area contributed by atoms with E-state index >= 15 is 0 Å². The Morgan fingerprint density at radius 2 is 1.31 bits per heavy atom. The first-order valence-electron chi connectivity index (χ1n) is 10.8. The number of carbonyl (C=O) groups is 1. The molecule has 0 rings (SSSR count). The van der Waals surface area contributed by atoms with E-state index in [2.05, 4.69) is 24.4 Å². The first kappa shape index (κ1) is 27.3. The molecule has 0 amide bonds. The van der Waals surface area contributed by atoms with Crippen LogP contribution in [0.1, 0.15) is 103 Å². The molecule has 0 aromatic carbocycles. The van der Waals surface area contributed by atoms with Crippen molar-refractivity contribution in [1.82, 2.24) is 5.32 Å². The van der Waals surface area contributed by atoms with Crippen LogP contribution in [0.15, 0.2) is 12.2 Å². The lowest BCUT2D eigenvalue weighted by Gasteiger charge is -1.99. The van der Waals surface area contributed by atoms with E-state index in [1.165, 1.54) is 70.6 Å². The highest BCUT2D eigenvalue weighted by atomic mass is 16.4. The predicted octanol–water partition coefficient (Wildman–Crippen LogP) is 5.70. The molecule has 0 spiro atoms. The van der Waals surface area contributed by atoms with E-state index in [9.17, 15) is 4.79 Å². The fraction of sp³-hybridized carbons (Fsp3) is 0.864. The van der Waals surface area contributed by atoms with Crippen LogP contribution in [0.25, 0.3) is 0 Å². The summed E-state index contributed by atoms with van der Waals surface area (Å²) in [5.41, 5.74) is 0. The van der Waals surface area contributed by atoms with Crippen molar-refractivity contribution in [3.63, 3.8) is 0 Å². The fourth-order valence-electron chi connectivity index (χ4n) is 2.60. The molecule has 0 unspecified atom stereocenters. The average Bonchev–Trinajstić information content (AvgIpc) is 2.63. The van der Waals surface area contributed by atoms with Crippen LogP contribution in [-0.2, 0) is 4.79 Å². The molecule has 0 saturated heterocycles. The van der Waals surface area contributed by atoms with Gasteiger partial charge in [-0.3, -0.25) is 4.79 Å². The molecule has 0 fully saturated rings. The zero-order chi connectivity index (χ0) is 19.7. The molecule has 0 aromatic heterocycles. The van der Waals surface area contributed by atoms with Gasteiger partial charge in [0.25, 0.3) is 0 Å². The maximum absolute atomic E-state index is 10.3. The van der Waals surface area contributed by atoms with Crippen LogP contribution in [0.5, 0.6) is 0 Å². The zero-order valence-corrected chi connectivity index (χ0v) is 17.5. The lowest BCUT2D eigenvalue weighted by atomic mass is 10.1. The minimum atomic E-state index is -0.664. The van der Waals surface area contributed by atoms with Crippen molar-refractivity contribution in [2.45, 2.75) is 103 Å². The second-order valence-electron chi connectivity index (χ2n) is 6.91. The summed E-state index contributed by atoms with van der Waals surface area (Å²) in [4.78, 5) is 10.3. The van der Waals surface area contributed by atoms with Crippen molar-refractivity contribution in [2.24, 2.45) is 0 Å². The Morgan fingerprint density at radius 3 is 1.73 bits per heavy atom. The van der Waals surface area contributed by atoms with Crippen molar-refractivity contribution in [3.05, 3.63) is 12.2 Å². The highest BCUT2D eigenvalue weighted by Crippen LogP contribution is 2.09. The summed E-state index contributed by atoms with van der Waals surface area (Å²) in [6.45, 7) is 3.46. The van der Waals surface area contributed by atoms with Crippen LogP contribution in [0.4, 0.5) is 0 Å². The molecule has 0 radical (unpaired) electrons.